The van der Waals surface area contributed by atoms with E-state index < -0.39 is 0 Å². The highest BCUT2D eigenvalue weighted by Gasteiger charge is 2.04. The maximum atomic E-state index is 11.2. The van der Waals surface area contributed by atoms with Crippen molar-refractivity contribution >= 4 is 11.7 Å². The van der Waals surface area contributed by atoms with E-state index in [1.165, 1.54) is 0 Å². The van der Waals surface area contributed by atoms with Crippen molar-refractivity contribution in [2.45, 2.75) is 12.8 Å². The van der Waals surface area contributed by atoms with Crippen molar-refractivity contribution < 1.29 is 10.0 Å². The second-order valence-electron chi connectivity index (χ2n) is 3.35. The molecule has 0 saturated carbocycles. The molecule has 1 amide bonds. The fourth-order valence-corrected chi connectivity index (χ4v) is 1.19. The molecular weight excluding hydrogens is 210 g/mol. The van der Waals surface area contributed by atoms with Gasteiger partial charge in [-0.3, -0.25) is 9.48 Å². The Balaban J connectivity index is 2.23. The largest absolute Gasteiger partial charge is 0.409 e. The number of amides is 1. The van der Waals surface area contributed by atoms with Crippen molar-refractivity contribution in [3.05, 3.63) is 18.0 Å². The van der Waals surface area contributed by atoms with Gasteiger partial charge >= 0.3 is 0 Å². The van der Waals surface area contributed by atoms with E-state index in [0.717, 1.165) is 5.69 Å². The molecule has 1 aromatic rings. The molecule has 7 heteroatoms. The lowest BCUT2D eigenvalue weighted by atomic mass is 10.3. The minimum absolute atomic E-state index is 0.0985. The molecule has 0 aliphatic carbocycles. The Morgan fingerprint density at radius 1 is 1.75 bits per heavy atom. The quantitative estimate of drug-likeness (QED) is 0.264. The number of nitrogens with one attached hydrogen (secondary N) is 1. The van der Waals surface area contributed by atoms with Crippen LogP contribution < -0.4 is 11.1 Å². The number of rotatable bonds is 5. The van der Waals surface area contributed by atoms with E-state index in [2.05, 4.69) is 15.6 Å². The van der Waals surface area contributed by atoms with E-state index in [9.17, 15) is 4.79 Å². The molecule has 0 bridgehead atoms. The molecule has 0 unspecified atom stereocenters. The predicted molar refractivity (Wildman–Crippen MR) is 57.9 cm³/mol. The molecule has 0 saturated heterocycles. The highest BCUT2D eigenvalue weighted by Crippen LogP contribution is 1.94. The van der Waals surface area contributed by atoms with Crippen molar-refractivity contribution in [2.75, 3.05) is 6.54 Å². The standard InChI is InChI=1S/C9H15N5O2/c1-14-5-3-7(12-14)2-4-11-9(15)6-8(10)13-16/h3,5,16H,2,4,6H2,1H3,(H2,10,13)(H,11,15). The molecule has 0 atom stereocenters. The number of carbonyl (C=O) groups is 1. The summed E-state index contributed by atoms with van der Waals surface area (Å²) < 4.78 is 1.70. The molecule has 0 spiro atoms. The van der Waals surface area contributed by atoms with E-state index >= 15 is 0 Å². The zero-order chi connectivity index (χ0) is 12.0. The van der Waals surface area contributed by atoms with Crippen molar-refractivity contribution in [2.24, 2.45) is 17.9 Å². The van der Waals surface area contributed by atoms with Gasteiger partial charge in [0.1, 0.15) is 5.84 Å². The first-order chi connectivity index (χ1) is 7.61. The summed E-state index contributed by atoms with van der Waals surface area (Å²) in [7, 11) is 1.83. The maximum absolute atomic E-state index is 11.2. The number of carbonyl (C=O) groups excluding carboxylic acids is 1. The minimum Gasteiger partial charge on any atom is -0.409 e. The van der Waals surface area contributed by atoms with E-state index in [1.807, 2.05) is 19.3 Å². The molecule has 0 aliphatic rings. The van der Waals surface area contributed by atoms with Crippen LogP contribution in [-0.4, -0.2) is 33.3 Å². The second kappa shape index (κ2) is 5.74. The molecule has 1 heterocycles. The van der Waals surface area contributed by atoms with Gasteiger partial charge in [-0.1, -0.05) is 5.16 Å². The lowest BCUT2D eigenvalue weighted by molar-refractivity contribution is -0.119. The van der Waals surface area contributed by atoms with Gasteiger partial charge in [-0.25, -0.2) is 0 Å². The molecule has 0 aromatic carbocycles. The van der Waals surface area contributed by atoms with Gasteiger partial charge in [0.2, 0.25) is 5.91 Å². The van der Waals surface area contributed by atoms with Crippen LogP contribution >= 0.6 is 0 Å². The fourth-order valence-electron chi connectivity index (χ4n) is 1.19. The number of oxime groups is 1. The summed E-state index contributed by atoms with van der Waals surface area (Å²) in [4.78, 5) is 11.2. The zero-order valence-electron chi connectivity index (χ0n) is 9.05. The van der Waals surface area contributed by atoms with Crippen LogP contribution in [-0.2, 0) is 18.3 Å². The van der Waals surface area contributed by atoms with Gasteiger partial charge in [0, 0.05) is 26.2 Å². The first-order valence-electron chi connectivity index (χ1n) is 4.83. The van der Waals surface area contributed by atoms with Gasteiger partial charge in [-0.15, -0.1) is 0 Å². The normalized spacial score (nSPS) is 11.4. The highest BCUT2D eigenvalue weighted by molar-refractivity contribution is 5.98. The Bertz CT molecular complexity index is 385. The highest BCUT2D eigenvalue weighted by atomic mass is 16.4. The Kier molecular flexibility index (Phi) is 4.31. The van der Waals surface area contributed by atoms with E-state index in [-0.39, 0.29) is 18.2 Å². The zero-order valence-corrected chi connectivity index (χ0v) is 9.05. The van der Waals surface area contributed by atoms with Crippen LogP contribution in [0, 0.1) is 0 Å². The summed E-state index contributed by atoms with van der Waals surface area (Å²) in [5.41, 5.74) is 6.09. The summed E-state index contributed by atoms with van der Waals surface area (Å²) >= 11 is 0. The smallest absolute Gasteiger partial charge is 0.227 e. The second-order valence-corrected chi connectivity index (χ2v) is 3.35. The van der Waals surface area contributed by atoms with E-state index in [1.54, 1.807) is 4.68 Å². The topological polar surface area (TPSA) is 106 Å². The van der Waals surface area contributed by atoms with Crippen molar-refractivity contribution in [3.8, 4) is 0 Å². The Morgan fingerprint density at radius 3 is 3.06 bits per heavy atom. The molecule has 1 aromatic heterocycles. The lowest BCUT2D eigenvalue weighted by Gasteiger charge is -2.02. The number of hydrogen-bond acceptors (Lipinski definition) is 4. The molecule has 7 nitrogen and oxygen atoms in total. The third-order valence-corrected chi connectivity index (χ3v) is 1.94. The number of nitrogens with zero attached hydrogens (tertiary/aromatic N) is 3. The summed E-state index contributed by atoms with van der Waals surface area (Å²) in [6.45, 7) is 0.481. The van der Waals surface area contributed by atoms with Gasteiger partial charge in [0.05, 0.1) is 12.1 Å². The molecular formula is C9H15N5O2. The summed E-state index contributed by atoms with van der Waals surface area (Å²) in [5.74, 6) is -0.374. The van der Waals surface area contributed by atoms with Gasteiger partial charge in [-0.2, -0.15) is 5.10 Å². The van der Waals surface area contributed by atoms with Gasteiger partial charge in [0.15, 0.2) is 0 Å². The first-order valence-corrected chi connectivity index (χ1v) is 4.83. The number of aryl methyl sites for hydroxylation is 1. The lowest BCUT2D eigenvalue weighted by Crippen LogP contribution is -2.30. The van der Waals surface area contributed by atoms with Crippen LogP contribution in [0.2, 0.25) is 0 Å². The SMILES string of the molecule is Cn1ccc(CCNC(=O)C/C(N)=N/O)n1. The number of aromatic nitrogens is 2. The molecule has 88 valence electrons. The first kappa shape index (κ1) is 12.0. The Labute approximate surface area is 92.9 Å². The molecule has 0 radical (unpaired) electrons. The average molecular weight is 225 g/mol. The molecule has 0 aliphatic heterocycles. The number of nitrogens with two attached hydrogens (primary N) is 1. The van der Waals surface area contributed by atoms with E-state index in [0.29, 0.717) is 13.0 Å². The van der Waals surface area contributed by atoms with Crippen LogP contribution in [0.5, 0.6) is 0 Å². The fraction of sp³-hybridized carbons (Fsp3) is 0.444. The van der Waals surface area contributed by atoms with Gasteiger partial charge in [0.25, 0.3) is 0 Å². The third-order valence-electron chi connectivity index (χ3n) is 1.94. The number of hydrogen-bond donors (Lipinski definition) is 3. The van der Waals surface area contributed by atoms with Crippen LogP contribution in [0.1, 0.15) is 12.1 Å². The van der Waals surface area contributed by atoms with Crippen LogP contribution in [0.25, 0.3) is 0 Å². The summed E-state index contributed by atoms with van der Waals surface area (Å²) in [6, 6.07) is 1.88. The van der Waals surface area contributed by atoms with Gasteiger partial charge in [-0.05, 0) is 6.07 Å². The molecule has 0 fully saturated rings. The Hall–Kier alpha value is -2.05. The molecule has 16 heavy (non-hydrogen) atoms. The van der Waals surface area contributed by atoms with Crippen molar-refractivity contribution in [3.63, 3.8) is 0 Å². The summed E-state index contributed by atoms with van der Waals surface area (Å²) in [5, 5.41) is 17.8. The van der Waals surface area contributed by atoms with E-state index in [4.69, 9.17) is 10.9 Å². The van der Waals surface area contributed by atoms with Crippen molar-refractivity contribution in [1.29, 1.82) is 0 Å². The molecule has 1 rings (SSSR count). The Morgan fingerprint density at radius 2 is 2.50 bits per heavy atom. The maximum Gasteiger partial charge on any atom is 0.227 e. The van der Waals surface area contributed by atoms with Crippen molar-refractivity contribution in [1.82, 2.24) is 15.1 Å². The third kappa shape index (κ3) is 3.99. The summed E-state index contributed by atoms with van der Waals surface area (Å²) in [6.07, 6.45) is 2.40. The predicted octanol–water partition coefficient (Wildman–Crippen LogP) is -0.785. The minimum atomic E-state index is -0.272. The van der Waals surface area contributed by atoms with Crippen LogP contribution in [0.4, 0.5) is 0 Å². The van der Waals surface area contributed by atoms with Gasteiger partial charge < -0.3 is 16.3 Å². The monoisotopic (exact) mass is 225 g/mol. The molecule has 4 N–H and O–H groups in total. The number of amidine groups is 1. The average Bonchev–Trinajstić information content (AvgIpc) is 2.64. The van der Waals surface area contributed by atoms with Crippen LogP contribution in [0.15, 0.2) is 17.4 Å². The van der Waals surface area contributed by atoms with Crippen LogP contribution in [0.3, 0.4) is 0 Å².